The number of carbonyl (C=O) groups excluding carboxylic acids is 1. The Kier molecular flexibility index (Phi) is 8.54. The van der Waals surface area contributed by atoms with Gasteiger partial charge in [0, 0.05) is 12.1 Å². The molecule has 1 aliphatic heterocycles. The van der Waals surface area contributed by atoms with Crippen LogP contribution in [0.4, 0.5) is 13.2 Å². The predicted molar refractivity (Wildman–Crippen MR) is 86.5 cm³/mol. The van der Waals surface area contributed by atoms with Gasteiger partial charge in [-0.3, -0.25) is 9.80 Å². The largest absolute Gasteiger partial charge is 0.390 e. The lowest BCUT2D eigenvalue weighted by atomic mass is 10.0. The van der Waals surface area contributed by atoms with E-state index < -0.39 is 18.6 Å². The highest BCUT2D eigenvalue weighted by Gasteiger charge is 2.33. The van der Waals surface area contributed by atoms with Crippen LogP contribution in [0.5, 0.6) is 0 Å². The van der Waals surface area contributed by atoms with Crippen LogP contribution in [0, 0.1) is 0 Å². The average Bonchev–Trinajstić information content (AvgIpc) is 2.45. The molecular weight excluding hydrogens is 305 g/mol. The number of unbranched alkanes of at least 4 members (excludes halogenated alkanes) is 1. The molecule has 23 heavy (non-hydrogen) atoms. The van der Waals surface area contributed by atoms with Crippen molar-refractivity contribution in [3.05, 3.63) is 0 Å². The van der Waals surface area contributed by atoms with Crippen LogP contribution in [0.2, 0.25) is 0 Å². The van der Waals surface area contributed by atoms with Crippen LogP contribution >= 0.6 is 0 Å². The van der Waals surface area contributed by atoms with Crippen LogP contribution in [0.25, 0.3) is 0 Å². The van der Waals surface area contributed by atoms with Gasteiger partial charge in [-0.05, 0) is 66.1 Å². The zero-order valence-electron chi connectivity index (χ0n) is 14.6. The number of alkyl halides is 3. The summed E-state index contributed by atoms with van der Waals surface area (Å²) in [7, 11) is 0. The van der Waals surface area contributed by atoms with Crippen molar-refractivity contribution in [2.45, 2.75) is 83.6 Å². The molecule has 0 aromatic carbocycles. The van der Waals surface area contributed by atoms with Gasteiger partial charge in [0.25, 0.3) is 0 Å². The van der Waals surface area contributed by atoms with E-state index in [1.807, 2.05) is 18.7 Å². The Morgan fingerprint density at radius 1 is 1.22 bits per heavy atom. The van der Waals surface area contributed by atoms with Crippen LogP contribution in [-0.2, 0) is 4.79 Å². The fraction of sp³-hybridized carbons (Fsp3) is 0.941. The van der Waals surface area contributed by atoms with E-state index in [-0.39, 0.29) is 12.1 Å². The van der Waals surface area contributed by atoms with E-state index in [1.54, 1.807) is 6.92 Å². The second-order valence-corrected chi connectivity index (χ2v) is 6.94. The van der Waals surface area contributed by atoms with Crippen LogP contribution in [-0.4, -0.2) is 60.0 Å². The third-order valence-electron chi connectivity index (χ3n) is 4.69. The summed E-state index contributed by atoms with van der Waals surface area (Å²) in [5.74, 6) is 0. The van der Waals surface area contributed by atoms with Crippen LogP contribution < -0.4 is 0 Å². The Bertz CT molecular complexity index is 347. The molecule has 136 valence electrons. The maximum absolute atomic E-state index is 12.6. The summed E-state index contributed by atoms with van der Waals surface area (Å²) in [4.78, 5) is 15.2. The highest BCUT2D eigenvalue weighted by atomic mass is 19.4. The van der Waals surface area contributed by atoms with E-state index in [0.29, 0.717) is 6.54 Å². The smallest absolute Gasteiger partial charge is 0.302 e. The molecular formula is C17H31F3N2O. The normalized spacial score (nSPS) is 21.8. The number of piperidine rings is 1. The molecule has 0 radical (unpaired) electrons. The number of nitrogens with zero attached hydrogens (tertiary/aromatic N) is 2. The van der Waals surface area contributed by atoms with Crippen molar-refractivity contribution in [3.63, 3.8) is 0 Å². The lowest BCUT2D eigenvalue weighted by molar-refractivity contribution is -0.147. The predicted octanol–water partition coefficient (Wildman–Crippen LogP) is 3.87. The van der Waals surface area contributed by atoms with E-state index >= 15 is 0 Å². The molecule has 0 aromatic rings. The Hall–Kier alpha value is -0.620. The zero-order chi connectivity index (χ0) is 17.5. The summed E-state index contributed by atoms with van der Waals surface area (Å²) in [6.45, 7) is 8.04. The first-order valence-electron chi connectivity index (χ1n) is 8.76. The molecule has 2 unspecified atom stereocenters. The lowest BCUT2D eigenvalue weighted by Gasteiger charge is -2.34. The van der Waals surface area contributed by atoms with Crippen molar-refractivity contribution >= 4 is 6.29 Å². The summed E-state index contributed by atoms with van der Waals surface area (Å²) < 4.78 is 37.7. The fourth-order valence-electron chi connectivity index (χ4n) is 3.50. The molecule has 0 spiro atoms. The number of hydrogen-bond acceptors (Lipinski definition) is 3. The third kappa shape index (κ3) is 7.66. The molecule has 0 amide bonds. The topological polar surface area (TPSA) is 23.6 Å². The van der Waals surface area contributed by atoms with Crippen molar-refractivity contribution in [1.29, 1.82) is 0 Å². The maximum atomic E-state index is 12.6. The average molecular weight is 336 g/mol. The molecule has 3 nitrogen and oxygen atoms in total. The van der Waals surface area contributed by atoms with E-state index in [2.05, 4.69) is 4.90 Å². The summed E-state index contributed by atoms with van der Waals surface area (Å²) in [5, 5.41) is 0. The first kappa shape index (κ1) is 20.4. The van der Waals surface area contributed by atoms with Crippen LogP contribution in [0.15, 0.2) is 0 Å². The highest BCUT2D eigenvalue weighted by Crippen LogP contribution is 2.25. The number of hydrogen-bond donors (Lipinski definition) is 0. The van der Waals surface area contributed by atoms with Crippen molar-refractivity contribution < 1.29 is 18.0 Å². The molecule has 1 fully saturated rings. The number of halogens is 3. The summed E-state index contributed by atoms with van der Waals surface area (Å²) >= 11 is 0. The number of likely N-dealkylation sites (tertiary alicyclic amines) is 1. The molecule has 1 aliphatic rings. The Labute approximate surface area is 138 Å². The quantitative estimate of drug-likeness (QED) is 0.472. The van der Waals surface area contributed by atoms with E-state index in [4.69, 9.17) is 0 Å². The summed E-state index contributed by atoms with van der Waals surface area (Å²) in [6.07, 6.45) is 1.12. The molecule has 1 saturated heterocycles. The van der Waals surface area contributed by atoms with Crippen molar-refractivity contribution in [2.24, 2.45) is 0 Å². The van der Waals surface area contributed by atoms with Gasteiger partial charge < -0.3 is 4.79 Å². The second kappa shape index (κ2) is 9.62. The minimum absolute atomic E-state index is 0.0362. The maximum Gasteiger partial charge on any atom is 0.390 e. The minimum Gasteiger partial charge on any atom is -0.302 e. The molecule has 1 heterocycles. The SMILES string of the molecule is CC(C)N(CCCCN1CCCCC1C=O)C(C)CC(F)(F)F. The van der Waals surface area contributed by atoms with Crippen molar-refractivity contribution in [1.82, 2.24) is 9.80 Å². The van der Waals surface area contributed by atoms with Crippen LogP contribution in [0.1, 0.15) is 59.3 Å². The van der Waals surface area contributed by atoms with E-state index in [9.17, 15) is 18.0 Å². The lowest BCUT2D eigenvalue weighted by Crippen LogP contribution is -2.43. The molecule has 0 bridgehead atoms. The standard InChI is InChI=1S/C17H31F3N2O/c1-14(2)22(15(3)12-17(18,19)20)11-7-6-10-21-9-5-4-8-16(21)13-23/h13-16H,4-12H2,1-3H3. The Morgan fingerprint density at radius 2 is 1.91 bits per heavy atom. The van der Waals surface area contributed by atoms with Crippen LogP contribution in [0.3, 0.4) is 0 Å². The molecule has 0 saturated carbocycles. The van der Waals surface area contributed by atoms with Gasteiger partial charge in [0.05, 0.1) is 12.5 Å². The number of carbonyl (C=O) groups is 1. The van der Waals surface area contributed by atoms with Gasteiger partial charge in [-0.2, -0.15) is 13.2 Å². The van der Waals surface area contributed by atoms with Gasteiger partial charge in [-0.25, -0.2) is 0 Å². The molecule has 2 atom stereocenters. The van der Waals surface area contributed by atoms with E-state index in [0.717, 1.165) is 51.5 Å². The van der Waals surface area contributed by atoms with Crippen molar-refractivity contribution in [3.8, 4) is 0 Å². The minimum atomic E-state index is -4.11. The van der Waals surface area contributed by atoms with Gasteiger partial charge in [0.15, 0.2) is 0 Å². The summed E-state index contributed by atoms with van der Waals surface area (Å²) in [6, 6.07) is -0.355. The Balaban J connectivity index is 2.36. The molecule has 6 heteroatoms. The molecule has 0 aliphatic carbocycles. The highest BCUT2D eigenvalue weighted by molar-refractivity contribution is 5.57. The third-order valence-corrected chi connectivity index (χ3v) is 4.69. The van der Waals surface area contributed by atoms with Crippen molar-refractivity contribution in [2.75, 3.05) is 19.6 Å². The summed E-state index contributed by atoms with van der Waals surface area (Å²) in [5.41, 5.74) is 0. The fourth-order valence-corrected chi connectivity index (χ4v) is 3.50. The second-order valence-electron chi connectivity index (χ2n) is 6.94. The number of aldehydes is 1. The van der Waals surface area contributed by atoms with Gasteiger partial charge >= 0.3 is 6.18 Å². The number of rotatable bonds is 9. The monoisotopic (exact) mass is 336 g/mol. The molecule has 0 aromatic heterocycles. The zero-order valence-corrected chi connectivity index (χ0v) is 14.6. The Morgan fingerprint density at radius 3 is 2.48 bits per heavy atom. The first-order valence-corrected chi connectivity index (χ1v) is 8.76. The first-order chi connectivity index (χ1) is 10.7. The van der Waals surface area contributed by atoms with Gasteiger partial charge in [0.1, 0.15) is 6.29 Å². The van der Waals surface area contributed by atoms with E-state index in [1.165, 1.54) is 0 Å². The van der Waals surface area contributed by atoms with Gasteiger partial charge in [-0.1, -0.05) is 6.42 Å². The van der Waals surface area contributed by atoms with Gasteiger partial charge in [-0.15, -0.1) is 0 Å². The molecule has 0 N–H and O–H groups in total. The molecule has 1 rings (SSSR count). The van der Waals surface area contributed by atoms with Gasteiger partial charge in [0.2, 0.25) is 0 Å².